The summed E-state index contributed by atoms with van der Waals surface area (Å²) in [6.07, 6.45) is 1.28. The van der Waals surface area contributed by atoms with Crippen molar-refractivity contribution in [3.05, 3.63) is 29.2 Å². The zero-order valence-corrected chi connectivity index (χ0v) is 20.8. The SMILES string of the molecule is COc1cc2c(cc1-c1nnn(C)n1)-c1c(C3CC(F)(F)C3)nc(C(=O)N3CCC[C@]3(C)C#N)n1CC2. The highest BCUT2D eigenvalue weighted by Gasteiger charge is 2.49. The van der Waals surface area contributed by atoms with Gasteiger partial charge in [-0.25, -0.2) is 13.8 Å². The Labute approximate surface area is 211 Å². The second kappa shape index (κ2) is 8.06. The van der Waals surface area contributed by atoms with Gasteiger partial charge in [0.2, 0.25) is 11.7 Å². The molecule has 37 heavy (non-hydrogen) atoms. The third kappa shape index (κ3) is 3.59. The number of aryl methyl sites for hydroxylation is 2. The number of amides is 1. The first-order valence-electron chi connectivity index (χ1n) is 12.3. The number of hydrogen-bond acceptors (Lipinski definition) is 7. The lowest BCUT2D eigenvalue weighted by Crippen LogP contribution is -2.45. The van der Waals surface area contributed by atoms with Crippen molar-refractivity contribution in [2.24, 2.45) is 7.05 Å². The number of aromatic nitrogens is 6. The first-order chi connectivity index (χ1) is 17.6. The summed E-state index contributed by atoms with van der Waals surface area (Å²) in [4.78, 5) is 21.4. The predicted octanol–water partition coefficient (Wildman–Crippen LogP) is 3.34. The number of carbonyl (C=O) groups is 1. The summed E-state index contributed by atoms with van der Waals surface area (Å²) in [5.41, 5.74) is 2.60. The van der Waals surface area contributed by atoms with E-state index < -0.39 is 17.4 Å². The summed E-state index contributed by atoms with van der Waals surface area (Å²) in [5.74, 6) is -2.41. The number of nitrogens with zero attached hydrogens (tertiary/aromatic N) is 8. The number of ether oxygens (including phenoxy) is 1. The molecule has 4 heterocycles. The molecule has 1 saturated heterocycles. The predicted molar refractivity (Wildman–Crippen MR) is 127 cm³/mol. The van der Waals surface area contributed by atoms with Crippen LogP contribution in [0.15, 0.2) is 12.1 Å². The zero-order valence-electron chi connectivity index (χ0n) is 20.8. The fourth-order valence-electron chi connectivity index (χ4n) is 5.82. The van der Waals surface area contributed by atoms with Crippen LogP contribution in [0.5, 0.6) is 5.75 Å². The van der Waals surface area contributed by atoms with E-state index in [1.807, 2.05) is 16.7 Å². The highest BCUT2D eigenvalue weighted by molar-refractivity contribution is 5.94. The Morgan fingerprint density at radius 2 is 2.03 bits per heavy atom. The smallest absolute Gasteiger partial charge is 0.291 e. The van der Waals surface area contributed by atoms with Crippen LogP contribution >= 0.6 is 0 Å². The van der Waals surface area contributed by atoms with Crippen molar-refractivity contribution in [1.29, 1.82) is 5.26 Å². The van der Waals surface area contributed by atoms with Crippen LogP contribution in [0.25, 0.3) is 22.6 Å². The molecular weight excluding hydrogens is 482 g/mol. The van der Waals surface area contributed by atoms with E-state index in [-0.39, 0.29) is 24.6 Å². The fraction of sp³-hybridized carbons (Fsp3) is 0.520. The van der Waals surface area contributed by atoms with Crippen LogP contribution < -0.4 is 4.74 Å². The molecular formula is C25H26F2N8O2. The quantitative estimate of drug-likeness (QED) is 0.531. The van der Waals surface area contributed by atoms with Crippen molar-refractivity contribution in [1.82, 2.24) is 34.7 Å². The summed E-state index contributed by atoms with van der Waals surface area (Å²) >= 11 is 0. The monoisotopic (exact) mass is 508 g/mol. The van der Waals surface area contributed by atoms with E-state index in [1.54, 1.807) is 26.0 Å². The van der Waals surface area contributed by atoms with Gasteiger partial charge in [-0.2, -0.15) is 10.1 Å². The van der Waals surface area contributed by atoms with Crippen LogP contribution in [-0.2, 0) is 20.0 Å². The van der Waals surface area contributed by atoms with Gasteiger partial charge >= 0.3 is 0 Å². The average molecular weight is 509 g/mol. The molecule has 10 nitrogen and oxygen atoms in total. The first kappa shape index (κ1) is 23.5. The van der Waals surface area contributed by atoms with Gasteiger partial charge in [0, 0.05) is 37.4 Å². The number of rotatable bonds is 4. The van der Waals surface area contributed by atoms with E-state index in [1.165, 1.54) is 4.80 Å². The zero-order chi connectivity index (χ0) is 26.1. The van der Waals surface area contributed by atoms with E-state index in [2.05, 4.69) is 21.5 Å². The third-order valence-electron chi connectivity index (χ3n) is 7.82. The van der Waals surface area contributed by atoms with E-state index in [0.29, 0.717) is 54.5 Å². The number of tetrazole rings is 1. The largest absolute Gasteiger partial charge is 0.496 e. The molecule has 3 aliphatic rings. The number of halogens is 2. The van der Waals surface area contributed by atoms with Gasteiger partial charge in [-0.05, 0) is 49.1 Å². The molecule has 192 valence electrons. The summed E-state index contributed by atoms with van der Waals surface area (Å²) in [5, 5.41) is 22.1. The van der Waals surface area contributed by atoms with Crippen molar-refractivity contribution in [2.75, 3.05) is 13.7 Å². The number of benzene rings is 1. The van der Waals surface area contributed by atoms with Crippen LogP contribution in [0.4, 0.5) is 8.78 Å². The minimum atomic E-state index is -2.74. The van der Waals surface area contributed by atoms with E-state index in [9.17, 15) is 18.8 Å². The standard InChI is InChI=1S/C25H26F2N8O2/c1-24(13-28)6-4-7-35(24)23(36)22-29-19(15-11-25(26,27)12-15)20-16-10-17(21-30-32-33(2)31-21)18(37-3)9-14(16)5-8-34(20)22/h9-10,15H,4-8,11-12H2,1-3H3/t24-/m1/s1. The molecule has 0 N–H and O–H groups in total. The highest BCUT2D eigenvalue weighted by Crippen LogP contribution is 2.52. The van der Waals surface area contributed by atoms with Gasteiger partial charge in [0.1, 0.15) is 11.3 Å². The molecule has 1 aliphatic carbocycles. The van der Waals surface area contributed by atoms with Crippen LogP contribution in [0, 0.1) is 11.3 Å². The molecule has 1 amide bonds. The number of likely N-dealkylation sites (tertiary alicyclic amines) is 1. The average Bonchev–Trinajstić information content (AvgIpc) is 3.58. The van der Waals surface area contributed by atoms with Gasteiger partial charge in [-0.1, -0.05) is 0 Å². The maximum atomic E-state index is 14.0. The molecule has 0 radical (unpaired) electrons. The molecule has 1 aromatic carbocycles. The Bertz CT molecular complexity index is 1460. The lowest BCUT2D eigenvalue weighted by Gasteiger charge is -2.35. The molecule has 2 aromatic heterocycles. The second-order valence-corrected chi connectivity index (χ2v) is 10.3. The Hall–Kier alpha value is -3.88. The van der Waals surface area contributed by atoms with Crippen molar-refractivity contribution < 1.29 is 18.3 Å². The fourth-order valence-corrected chi connectivity index (χ4v) is 5.82. The van der Waals surface area contributed by atoms with Crippen LogP contribution in [0.3, 0.4) is 0 Å². The Kier molecular flexibility index (Phi) is 5.12. The first-order valence-corrected chi connectivity index (χ1v) is 12.3. The Morgan fingerprint density at radius 3 is 2.68 bits per heavy atom. The number of alkyl halides is 2. The number of nitriles is 1. The number of imidazole rings is 1. The molecule has 1 saturated carbocycles. The van der Waals surface area contributed by atoms with Crippen LogP contribution in [0.2, 0.25) is 0 Å². The molecule has 2 fully saturated rings. The van der Waals surface area contributed by atoms with Gasteiger partial charge in [-0.3, -0.25) is 4.79 Å². The van der Waals surface area contributed by atoms with E-state index in [0.717, 1.165) is 17.5 Å². The molecule has 0 bridgehead atoms. The van der Waals surface area contributed by atoms with Crippen molar-refractivity contribution in [3.8, 4) is 34.5 Å². The van der Waals surface area contributed by atoms with Gasteiger partial charge in [0.05, 0.1) is 37.2 Å². The molecule has 2 aliphatic heterocycles. The summed E-state index contributed by atoms with van der Waals surface area (Å²) in [6, 6.07) is 6.06. The lowest BCUT2D eigenvalue weighted by molar-refractivity contribution is -0.0874. The van der Waals surface area contributed by atoms with Crippen molar-refractivity contribution in [2.45, 2.75) is 63.0 Å². The summed E-state index contributed by atoms with van der Waals surface area (Å²) in [6.45, 7) is 2.67. The van der Waals surface area contributed by atoms with E-state index in [4.69, 9.17) is 9.72 Å². The minimum absolute atomic E-state index is 0.198. The van der Waals surface area contributed by atoms with Crippen molar-refractivity contribution >= 4 is 5.91 Å². The third-order valence-corrected chi connectivity index (χ3v) is 7.82. The van der Waals surface area contributed by atoms with Crippen LogP contribution in [0.1, 0.15) is 60.4 Å². The second-order valence-electron chi connectivity index (χ2n) is 10.3. The number of hydrogen-bond donors (Lipinski definition) is 0. The maximum Gasteiger partial charge on any atom is 0.291 e. The number of methoxy groups -OCH3 is 1. The van der Waals surface area contributed by atoms with Gasteiger partial charge in [0.25, 0.3) is 5.91 Å². The molecule has 6 rings (SSSR count). The molecule has 0 unspecified atom stereocenters. The maximum absolute atomic E-state index is 14.0. The van der Waals surface area contributed by atoms with E-state index >= 15 is 0 Å². The number of carbonyl (C=O) groups excluding carboxylic acids is 1. The normalized spacial score (nSPS) is 22.2. The van der Waals surface area contributed by atoms with Gasteiger partial charge < -0.3 is 14.2 Å². The Morgan fingerprint density at radius 1 is 1.24 bits per heavy atom. The molecule has 3 aromatic rings. The van der Waals surface area contributed by atoms with Crippen LogP contribution in [-0.4, -0.2) is 65.7 Å². The number of fused-ring (bicyclic) bond motifs is 3. The minimum Gasteiger partial charge on any atom is -0.496 e. The molecule has 1 atom stereocenters. The van der Waals surface area contributed by atoms with Gasteiger partial charge in [-0.15, -0.1) is 10.2 Å². The van der Waals surface area contributed by atoms with Gasteiger partial charge in [0.15, 0.2) is 5.82 Å². The topological polar surface area (TPSA) is 115 Å². The summed E-state index contributed by atoms with van der Waals surface area (Å²) in [7, 11) is 3.23. The molecule has 12 heteroatoms. The lowest BCUT2D eigenvalue weighted by atomic mass is 9.77. The summed E-state index contributed by atoms with van der Waals surface area (Å²) < 4.78 is 35.4. The van der Waals surface area contributed by atoms with Crippen molar-refractivity contribution in [3.63, 3.8) is 0 Å². The molecule has 0 spiro atoms. The highest BCUT2D eigenvalue weighted by atomic mass is 19.3. The Balaban J connectivity index is 1.52.